The fourth-order valence-corrected chi connectivity index (χ4v) is 1.48. The number of amides is 1. The highest BCUT2D eigenvalue weighted by Gasteiger charge is 2.20. The van der Waals surface area contributed by atoms with Crippen molar-refractivity contribution in [2.75, 3.05) is 20.2 Å². The Bertz CT molecular complexity index is 406. The molecule has 0 heterocycles. The number of halogens is 1. The van der Waals surface area contributed by atoms with E-state index in [0.29, 0.717) is 18.9 Å². The zero-order valence-electron chi connectivity index (χ0n) is 11.6. The van der Waals surface area contributed by atoms with Gasteiger partial charge in [0.15, 0.2) is 0 Å². The number of hydrogen-bond donors (Lipinski definition) is 1. The predicted octanol–water partition coefficient (Wildman–Crippen LogP) is 1.65. The van der Waals surface area contributed by atoms with Crippen molar-refractivity contribution < 1.29 is 13.9 Å². The fourth-order valence-electron chi connectivity index (χ4n) is 1.48. The second-order valence-electron chi connectivity index (χ2n) is 4.83. The van der Waals surface area contributed by atoms with Crippen molar-refractivity contribution in [3.05, 3.63) is 30.1 Å². The third kappa shape index (κ3) is 4.87. The predicted molar refractivity (Wildman–Crippen MR) is 72.3 cm³/mol. The van der Waals surface area contributed by atoms with Gasteiger partial charge in [-0.1, -0.05) is 13.8 Å². The maximum atomic E-state index is 12.7. The van der Waals surface area contributed by atoms with Crippen LogP contribution in [0.5, 0.6) is 5.75 Å². The second kappa shape index (κ2) is 7.09. The van der Waals surface area contributed by atoms with Crippen LogP contribution in [-0.4, -0.2) is 37.0 Å². The number of ether oxygens (including phenoxy) is 1. The summed E-state index contributed by atoms with van der Waals surface area (Å²) in [7, 11) is 1.69. The van der Waals surface area contributed by atoms with Crippen LogP contribution in [0.4, 0.5) is 4.39 Å². The zero-order valence-corrected chi connectivity index (χ0v) is 11.6. The monoisotopic (exact) mass is 268 g/mol. The molecule has 0 aliphatic rings. The Morgan fingerprint density at radius 2 is 1.95 bits per heavy atom. The Morgan fingerprint density at radius 1 is 1.37 bits per heavy atom. The average molecular weight is 268 g/mol. The van der Waals surface area contributed by atoms with Crippen LogP contribution >= 0.6 is 0 Å². The van der Waals surface area contributed by atoms with Gasteiger partial charge in [0.25, 0.3) is 0 Å². The van der Waals surface area contributed by atoms with Gasteiger partial charge in [0.05, 0.1) is 12.6 Å². The Balaban J connectivity index is 2.36. The van der Waals surface area contributed by atoms with E-state index < -0.39 is 6.04 Å². The van der Waals surface area contributed by atoms with Gasteiger partial charge in [-0.2, -0.15) is 0 Å². The molecule has 1 amide bonds. The molecule has 0 unspecified atom stereocenters. The molecule has 0 bridgehead atoms. The number of benzene rings is 1. The van der Waals surface area contributed by atoms with Crippen molar-refractivity contribution in [3.8, 4) is 5.75 Å². The van der Waals surface area contributed by atoms with Gasteiger partial charge in [-0.3, -0.25) is 4.79 Å². The van der Waals surface area contributed by atoms with Crippen molar-refractivity contribution in [2.45, 2.75) is 19.9 Å². The molecule has 0 saturated carbocycles. The van der Waals surface area contributed by atoms with E-state index >= 15 is 0 Å². The number of carbonyl (C=O) groups is 1. The molecule has 19 heavy (non-hydrogen) atoms. The van der Waals surface area contributed by atoms with Crippen LogP contribution in [-0.2, 0) is 4.79 Å². The molecule has 1 rings (SSSR count). The van der Waals surface area contributed by atoms with E-state index in [9.17, 15) is 9.18 Å². The highest BCUT2D eigenvalue weighted by molar-refractivity contribution is 5.81. The molecule has 1 aromatic carbocycles. The molecule has 1 aromatic rings. The molecular weight excluding hydrogens is 247 g/mol. The summed E-state index contributed by atoms with van der Waals surface area (Å²) in [5.74, 6) is 0.281. The third-order valence-electron chi connectivity index (χ3n) is 2.89. The Kier molecular flexibility index (Phi) is 5.76. The van der Waals surface area contributed by atoms with Crippen molar-refractivity contribution in [3.63, 3.8) is 0 Å². The van der Waals surface area contributed by atoms with Crippen LogP contribution in [0.3, 0.4) is 0 Å². The lowest BCUT2D eigenvalue weighted by atomic mass is 10.0. The largest absolute Gasteiger partial charge is 0.492 e. The van der Waals surface area contributed by atoms with E-state index in [2.05, 4.69) is 0 Å². The first kappa shape index (κ1) is 15.4. The lowest BCUT2D eigenvalue weighted by molar-refractivity contribution is -0.132. The number of hydrogen-bond acceptors (Lipinski definition) is 3. The first-order valence-corrected chi connectivity index (χ1v) is 6.30. The van der Waals surface area contributed by atoms with Crippen LogP contribution in [0.2, 0.25) is 0 Å². The van der Waals surface area contributed by atoms with E-state index in [-0.39, 0.29) is 17.6 Å². The van der Waals surface area contributed by atoms with Crippen molar-refractivity contribution in [1.29, 1.82) is 0 Å². The summed E-state index contributed by atoms with van der Waals surface area (Å²) >= 11 is 0. The molecule has 5 heteroatoms. The van der Waals surface area contributed by atoms with Crippen molar-refractivity contribution in [1.82, 2.24) is 4.90 Å². The van der Waals surface area contributed by atoms with Gasteiger partial charge in [0.1, 0.15) is 18.2 Å². The SMILES string of the molecule is CC(C)[C@H](N)C(=O)N(C)CCOc1ccc(F)cc1. The van der Waals surface area contributed by atoms with Crippen LogP contribution in [0, 0.1) is 11.7 Å². The average Bonchev–Trinajstić information content (AvgIpc) is 2.39. The third-order valence-corrected chi connectivity index (χ3v) is 2.89. The summed E-state index contributed by atoms with van der Waals surface area (Å²) in [6, 6.07) is 5.28. The summed E-state index contributed by atoms with van der Waals surface area (Å²) in [5, 5.41) is 0. The molecule has 0 radical (unpaired) electrons. The van der Waals surface area contributed by atoms with E-state index in [4.69, 9.17) is 10.5 Å². The summed E-state index contributed by atoms with van der Waals surface area (Å²) in [6.45, 7) is 4.60. The summed E-state index contributed by atoms with van der Waals surface area (Å²) in [5.41, 5.74) is 5.79. The van der Waals surface area contributed by atoms with Gasteiger partial charge >= 0.3 is 0 Å². The summed E-state index contributed by atoms with van der Waals surface area (Å²) < 4.78 is 18.1. The van der Waals surface area contributed by atoms with Gasteiger partial charge in [-0.15, -0.1) is 0 Å². The van der Waals surface area contributed by atoms with E-state index in [0.717, 1.165) is 0 Å². The molecular formula is C14H21FN2O2. The highest BCUT2D eigenvalue weighted by Crippen LogP contribution is 2.11. The van der Waals surface area contributed by atoms with Crippen LogP contribution in [0.15, 0.2) is 24.3 Å². The molecule has 2 N–H and O–H groups in total. The maximum absolute atomic E-state index is 12.7. The molecule has 4 nitrogen and oxygen atoms in total. The van der Waals surface area contributed by atoms with Crippen molar-refractivity contribution in [2.24, 2.45) is 11.7 Å². The van der Waals surface area contributed by atoms with Crippen molar-refractivity contribution >= 4 is 5.91 Å². The number of nitrogens with two attached hydrogens (primary N) is 1. The van der Waals surface area contributed by atoms with Crippen LogP contribution < -0.4 is 10.5 Å². The summed E-state index contributed by atoms with van der Waals surface area (Å²) in [6.07, 6.45) is 0. The second-order valence-corrected chi connectivity index (χ2v) is 4.83. The Morgan fingerprint density at radius 3 is 2.47 bits per heavy atom. The number of nitrogens with zero attached hydrogens (tertiary/aromatic N) is 1. The van der Waals surface area contributed by atoms with E-state index in [1.807, 2.05) is 13.8 Å². The zero-order chi connectivity index (χ0) is 14.4. The summed E-state index contributed by atoms with van der Waals surface area (Å²) in [4.78, 5) is 13.4. The molecule has 106 valence electrons. The highest BCUT2D eigenvalue weighted by atomic mass is 19.1. The van der Waals surface area contributed by atoms with Gasteiger partial charge in [0, 0.05) is 7.05 Å². The van der Waals surface area contributed by atoms with Gasteiger partial charge in [-0.25, -0.2) is 4.39 Å². The molecule has 0 spiro atoms. The lowest BCUT2D eigenvalue weighted by Crippen LogP contribution is -2.46. The fraction of sp³-hybridized carbons (Fsp3) is 0.500. The first-order chi connectivity index (χ1) is 8.91. The topological polar surface area (TPSA) is 55.6 Å². The minimum absolute atomic E-state index is 0.0993. The van der Waals surface area contributed by atoms with E-state index in [1.165, 1.54) is 12.1 Å². The number of rotatable bonds is 6. The van der Waals surface area contributed by atoms with Gasteiger partial charge in [-0.05, 0) is 30.2 Å². The van der Waals surface area contributed by atoms with Crippen LogP contribution in [0.25, 0.3) is 0 Å². The minimum atomic E-state index is -0.490. The van der Waals surface area contributed by atoms with Crippen LogP contribution in [0.1, 0.15) is 13.8 Å². The number of likely N-dealkylation sites (N-methyl/N-ethyl adjacent to an activating group) is 1. The quantitative estimate of drug-likeness (QED) is 0.853. The van der Waals surface area contributed by atoms with E-state index in [1.54, 1.807) is 24.1 Å². The Labute approximate surface area is 113 Å². The number of carbonyl (C=O) groups excluding carboxylic acids is 1. The maximum Gasteiger partial charge on any atom is 0.239 e. The minimum Gasteiger partial charge on any atom is -0.492 e. The Hall–Kier alpha value is -1.62. The normalized spacial score (nSPS) is 12.3. The smallest absolute Gasteiger partial charge is 0.239 e. The lowest BCUT2D eigenvalue weighted by Gasteiger charge is -2.23. The first-order valence-electron chi connectivity index (χ1n) is 6.30. The molecule has 0 aromatic heterocycles. The van der Waals surface area contributed by atoms with Gasteiger partial charge < -0.3 is 15.4 Å². The molecule has 0 saturated heterocycles. The standard InChI is InChI=1S/C14H21FN2O2/c1-10(2)13(16)14(18)17(3)8-9-19-12-6-4-11(15)5-7-12/h4-7,10,13H,8-9,16H2,1-3H3/t13-/m0/s1. The molecule has 0 aliphatic heterocycles. The molecule has 0 aliphatic carbocycles. The van der Waals surface area contributed by atoms with Gasteiger partial charge in [0.2, 0.25) is 5.91 Å². The molecule has 0 fully saturated rings. The molecule has 1 atom stereocenters.